The van der Waals surface area contributed by atoms with Crippen LogP contribution in [0.1, 0.15) is 87.2 Å². The van der Waals surface area contributed by atoms with Crippen molar-refractivity contribution in [3.8, 4) is 17.2 Å². The Bertz CT molecular complexity index is 540. The van der Waals surface area contributed by atoms with E-state index in [0.717, 1.165) is 22.6 Å². The van der Waals surface area contributed by atoms with Crippen LogP contribution < -0.4 is 19.5 Å². The molecular formula is C21H33O3P. The standard InChI is InChI=1S/C21H33O3P/c1-22-18-16(14-10-6-4-7-11-14)19(23-2)21(25)20(24-3)17(18)15-12-8-5-9-13-15/h14-15H,4-13,25H2,1-3H3. The van der Waals surface area contributed by atoms with E-state index in [0.29, 0.717) is 11.8 Å². The van der Waals surface area contributed by atoms with Crippen LogP contribution in [0.2, 0.25) is 0 Å². The fourth-order valence-electron chi connectivity index (χ4n) is 4.93. The minimum atomic E-state index is 0.534. The Morgan fingerprint density at radius 2 is 0.960 bits per heavy atom. The molecule has 3 rings (SSSR count). The van der Waals surface area contributed by atoms with Gasteiger partial charge in [-0.05, 0) is 37.5 Å². The highest BCUT2D eigenvalue weighted by Gasteiger charge is 2.33. The van der Waals surface area contributed by atoms with Crippen molar-refractivity contribution in [3.63, 3.8) is 0 Å². The fourth-order valence-corrected chi connectivity index (χ4v) is 5.48. The highest BCUT2D eigenvalue weighted by atomic mass is 31.0. The summed E-state index contributed by atoms with van der Waals surface area (Å²) in [6.07, 6.45) is 12.8. The third-order valence-electron chi connectivity index (χ3n) is 6.11. The first kappa shape index (κ1) is 18.8. The Morgan fingerprint density at radius 1 is 0.600 bits per heavy atom. The van der Waals surface area contributed by atoms with Crippen LogP contribution in [0.25, 0.3) is 0 Å². The van der Waals surface area contributed by atoms with Crippen LogP contribution in [0.4, 0.5) is 0 Å². The number of benzene rings is 1. The lowest BCUT2D eigenvalue weighted by Crippen LogP contribution is -2.19. The van der Waals surface area contributed by atoms with Gasteiger partial charge in [-0.25, -0.2) is 0 Å². The van der Waals surface area contributed by atoms with Crippen LogP contribution in [0.3, 0.4) is 0 Å². The Morgan fingerprint density at radius 3 is 1.28 bits per heavy atom. The van der Waals surface area contributed by atoms with Gasteiger partial charge in [0.2, 0.25) is 0 Å². The molecule has 1 aromatic rings. The van der Waals surface area contributed by atoms with Gasteiger partial charge in [-0.2, -0.15) is 0 Å². The number of methoxy groups -OCH3 is 3. The third-order valence-corrected chi connectivity index (χ3v) is 6.63. The summed E-state index contributed by atoms with van der Waals surface area (Å²) in [4.78, 5) is 0. The van der Waals surface area contributed by atoms with Gasteiger partial charge in [0.25, 0.3) is 0 Å². The van der Waals surface area contributed by atoms with E-state index in [1.807, 2.05) is 7.11 Å². The van der Waals surface area contributed by atoms with Crippen molar-refractivity contribution in [2.45, 2.75) is 76.0 Å². The monoisotopic (exact) mass is 364 g/mol. The third kappa shape index (κ3) is 3.63. The minimum Gasteiger partial charge on any atom is -0.496 e. The zero-order valence-electron chi connectivity index (χ0n) is 16.0. The average Bonchev–Trinajstić information content (AvgIpc) is 2.68. The summed E-state index contributed by atoms with van der Waals surface area (Å²) in [6, 6.07) is 0. The molecule has 2 aliphatic carbocycles. The van der Waals surface area contributed by atoms with Crippen LogP contribution in [0.15, 0.2) is 0 Å². The zero-order chi connectivity index (χ0) is 17.8. The summed E-state index contributed by atoms with van der Waals surface area (Å²) in [5, 5.41) is 1.06. The van der Waals surface area contributed by atoms with Crippen molar-refractivity contribution in [2.24, 2.45) is 0 Å². The lowest BCUT2D eigenvalue weighted by Gasteiger charge is -2.32. The van der Waals surface area contributed by atoms with E-state index in [4.69, 9.17) is 14.2 Å². The van der Waals surface area contributed by atoms with Gasteiger partial charge >= 0.3 is 0 Å². The second kappa shape index (κ2) is 8.62. The molecule has 140 valence electrons. The van der Waals surface area contributed by atoms with E-state index in [1.165, 1.54) is 75.3 Å². The molecule has 0 heterocycles. The van der Waals surface area contributed by atoms with Gasteiger partial charge in [-0.15, -0.1) is 0 Å². The van der Waals surface area contributed by atoms with E-state index in [2.05, 4.69) is 9.24 Å². The summed E-state index contributed by atoms with van der Waals surface area (Å²) in [5.41, 5.74) is 2.58. The summed E-state index contributed by atoms with van der Waals surface area (Å²) in [5.74, 6) is 4.01. The van der Waals surface area contributed by atoms with Crippen molar-refractivity contribution in [2.75, 3.05) is 21.3 Å². The second-order valence-corrected chi connectivity index (χ2v) is 8.09. The number of ether oxygens (including phenoxy) is 3. The molecule has 1 unspecified atom stereocenters. The first-order valence-electron chi connectivity index (χ1n) is 9.84. The normalized spacial score (nSPS) is 19.7. The molecule has 3 nitrogen and oxygen atoms in total. The topological polar surface area (TPSA) is 27.7 Å². The van der Waals surface area contributed by atoms with Crippen molar-refractivity contribution < 1.29 is 14.2 Å². The van der Waals surface area contributed by atoms with E-state index >= 15 is 0 Å². The predicted octanol–water partition coefficient (Wildman–Crippen LogP) is 5.31. The van der Waals surface area contributed by atoms with Crippen molar-refractivity contribution in [3.05, 3.63) is 11.1 Å². The number of hydrogen-bond donors (Lipinski definition) is 0. The molecule has 1 aromatic carbocycles. The van der Waals surface area contributed by atoms with E-state index in [1.54, 1.807) is 14.2 Å². The van der Waals surface area contributed by atoms with Gasteiger partial charge < -0.3 is 14.2 Å². The quantitative estimate of drug-likeness (QED) is 0.663. The molecular weight excluding hydrogens is 331 g/mol. The zero-order valence-corrected chi connectivity index (χ0v) is 17.2. The van der Waals surface area contributed by atoms with Crippen molar-refractivity contribution in [1.29, 1.82) is 0 Å². The second-order valence-electron chi connectivity index (χ2n) is 7.51. The van der Waals surface area contributed by atoms with Crippen LogP contribution in [0, 0.1) is 0 Å². The highest BCUT2D eigenvalue weighted by Crippen LogP contribution is 2.51. The van der Waals surface area contributed by atoms with Crippen molar-refractivity contribution >= 4 is 14.5 Å². The van der Waals surface area contributed by atoms with E-state index in [-0.39, 0.29) is 0 Å². The molecule has 0 radical (unpaired) electrons. The summed E-state index contributed by atoms with van der Waals surface area (Å²) < 4.78 is 17.8. The van der Waals surface area contributed by atoms with Crippen molar-refractivity contribution in [1.82, 2.24) is 0 Å². The van der Waals surface area contributed by atoms with Crippen LogP contribution in [-0.2, 0) is 0 Å². The first-order valence-corrected chi connectivity index (χ1v) is 10.4. The maximum absolute atomic E-state index is 6.05. The molecule has 2 aliphatic rings. The molecule has 0 N–H and O–H groups in total. The smallest absolute Gasteiger partial charge is 0.136 e. The van der Waals surface area contributed by atoms with Gasteiger partial charge in [0, 0.05) is 11.1 Å². The summed E-state index contributed by atoms with van der Waals surface area (Å²) in [7, 11) is 8.24. The van der Waals surface area contributed by atoms with E-state index in [9.17, 15) is 0 Å². The molecule has 25 heavy (non-hydrogen) atoms. The van der Waals surface area contributed by atoms with Gasteiger partial charge in [-0.3, -0.25) is 0 Å². The Balaban J connectivity index is 2.19. The van der Waals surface area contributed by atoms with Gasteiger partial charge in [0.1, 0.15) is 17.2 Å². The lowest BCUT2D eigenvalue weighted by molar-refractivity contribution is 0.336. The van der Waals surface area contributed by atoms with E-state index < -0.39 is 0 Å². The van der Waals surface area contributed by atoms with Gasteiger partial charge in [-0.1, -0.05) is 47.8 Å². The molecule has 1 atom stereocenters. The maximum atomic E-state index is 6.05. The molecule has 0 bridgehead atoms. The Kier molecular flexibility index (Phi) is 6.49. The summed E-state index contributed by atoms with van der Waals surface area (Å²) >= 11 is 0. The molecule has 0 spiro atoms. The molecule has 0 saturated heterocycles. The first-order chi connectivity index (χ1) is 12.2. The largest absolute Gasteiger partial charge is 0.496 e. The molecule has 2 fully saturated rings. The van der Waals surface area contributed by atoms with Crippen LogP contribution in [0.5, 0.6) is 17.2 Å². The van der Waals surface area contributed by atoms with Crippen LogP contribution in [-0.4, -0.2) is 21.3 Å². The molecule has 4 heteroatoms. The summed E-state index contributed by atoms with van der Waals surface area (Å²) in [6.45, 7) is 0. The van der Waals surface area contributed by atoms with Gasteiger partial charge in [0.05, 0.1) is 26.6 Å². The maximum Gasteiger partial charge on any atom is 0.136 e. The molecule has 0 aliphatic heterocycles. The number of hydrogen-bond acceptors (Lipinski definition) is 3. The Labute approximate surface area is 155 Å². The number of rotatable bonds is 5. The Hall–Kier alpha value is -0.950. The molecule has 0 amide bonds. The lowest BCUT2D eigenvalue weighted by atomic mass is 9.78. The van der Waals surface area contributed by atoms with Gasteiger partial charge in [0.15, 0.2) is 0 Å². The predicted molar refractivity (Wildman–Crippen MR) is 107 cm³/mol. The SMILES string of the molecule is COc1c(P)c(OC)c(C2CCCCC2)c(OC)c1C1CCCCC1. The molecule has 2 saturated carbocycles. The highest BCUT2D eigenvalue weighted by molar-refractivity contribution is 7.28. The fraction of sp³-hybridized carbons (Fsp3) is 0.714. The molecule has 0 aromatic heterocycles. The van der Waals surface area contributed by atoms with Crippen LogP contribution >= 0.6 is 9.24 Å². The average molecular weight is 364 g/mol. The minimum absolute atomic E-state index is 0.534.